The zero-order valence-electron chi connectivity index (χ0n) is 13.9. The fourth-order valence-electron chi connectivity index (χ4n) is 2.10. The van der Waals surface area contributed by atoms with Gasteiger partial charge in [0.05, 0.1) is 17.7 Å². The van der Waals surface area contributed by atoms with E-state index in [1.165, 1.54) is 16.4 Å². The molecule has 2 rings (SSSR count). The maximum atomic E-state index is 12.3. The van der Waals surface area contributed by atoms with Crippen LogP contribution in [0.1, 0.15) is 18.9 Å². The molecule has 0 saturated heterocycles. The lowest BCUT2D eigenvalue weighted by molar-refractivity contribution is -0.128. The molecule has 24 heavy (non-hydrogen) atoms. The Balaban J connectivity index is 2.10. The molecule has 0 aliphatic heterocycles. The normalized spacial score (nSPS) is 11.8. The molecule has 2 N–H and O–H groups in total. The second-order valence-electron chi connectivity index (χ2n) is 5.47. The number of aryl methyl sites for hydroxylation is 1. The van der Waals surface area contributed by atoms with Crippen LogP contribution in [0.25, 0.3) is 11.4 Å². The van der Waals surface area contributed by atoms with Crippen LogP contribution in [0.4, 0.5) is 0 Å². The third-order valence-corrected chi connectivity index (χ3v) is 4.58. The monoisotopic (exact) mass is 344 g/mol. The van der Waals surface area contributed by atoms with E-state index in [1.54, 1.807) is 18.9 Å². The summed E-state index contributed by atoms with van der Waals surface area (Å²) in [6, 6.07) is 9.85. The van der Waals surface area contributed by atoms with Gasteiger partial charge in [-0.1, -0.05) is 41.6 Å². The fraction of sp³-hybridized carbons (Fsp3) is 0.375. The van der Waals surface area contributed by atoms with E-state index in [0.717, 1.165) is 11.1 Å². The molecule has 0 bridgehead atoms. The van der Waals surface area contributed by atoms with Gasteiger partial charge in [0.2, 0.25) is 11.1 Å². The van der Waals surface area contributed by atoms with Crippen molar-refractivity contribution >= 4 is 17.7 Å². The van der Waals surface area contributed by atoms with E-state index < -0.39 is 0 Å². The number of nitriles is 1. The minimum Gasteiger partial charge on any atom is -0.344 e. The number of nitrogens with two attached hydrogens (primary N) is 1. The second kappa shape index (κ2) is 7.84. The van der Waals surface area contributed by atoms with Crippen molar-refractivity contribution < 1.29 is 4.79 Å². The van der Waals surface area contributed by atoms with Gasteiger partial charge in [-0.2, -0.15) is 5.26 Å². The number of rotatable bonds is 6. The van der Waals surface area contributed by atoms with Crippen molar-refractivity contribution in [2.24, 2.45) is 0 Å². The highest BCUT2D eigenvalue weighted by atomic mass is 32.2. The lowest BCUT2D eigenvalue weighted by atomic mass is 10.1. The molecule has 8 heteroatoms. The van der Waals surface area contributed by atoms with Gasteiger partial charge >= 0.3 is 0 Å². The summed E-state index contributed by atoms with van der Waals surface area (Å²) in [6.45, 7) is 4.20. The zero-order chi connectivity index (χ0) is 17.7. The first-order chi connectivity index (χ1) is 11.4. The van der Waals surface area contributed by atoms with Gasteiger partial charge in [-0.05, 0) is 13.8 Å². The summed E-state index contributed by atoms with van der Waals surface area (Å²) < 4.78 is 1.40. The third kappa shape index (κ3) is 4.06. The van der Waals surface area contributed by atoms with Crippen LogP contribution in [-0.4, -0.2) is 44.5 Å². The van der Waals surface area contributed by atoms with Gasteiger partial charge in [0.1, 0.15) is 0 Å². The predicted molar refractivity (Wildman–Crippen MR) is 93.5 cm³/mol. The maximum Gasteiger partial charge on any atom is 0.235 e. The molecular weight excluding hydrogens is 324 g/mol. The predicted octanol–water partition coefficient (Wildman–Crippen LogP) is 1.82. The molecule has 0 saturated carbocycles. The SMILES string of the molecule is Cc1ccc(-c2nnc(S[C@@H](C)C(=O)N(C)CCC#N)n2N)cc1. The van der Waals surface area contributed by atoms with Gasteiger partial charge in [0.15, 0.2) is 5.82 Å². The molecule has 2 aromatic rings. The lowest BCUT2D eigenvalue weighted by Crippen LogP contribution is -2.34. The van der Waals surface area contributed by atoms with Gasteiger partial charge in [0.25, 0.3) is 0 Å². The topological polar surface area (TPSA) is 101 Å². The molecule has 0 unspecified atom stereocenters. The Morgan fingerprint density at radius 2 is 2.08 bits per heavy atom. The number of carbonyl (C=O) groups is 1. The second-order valence-corrected chi connectivity index (χ2v) is 6.78. The molecule has 0 radical (unpaired) electrons. The number of nitrogen functional groups attached to an aromatic ring is 1. The van der Waals surface area contributed by atoms with E-state index in [0.29, 0.717) is 23.9 Å². The van der Waals surface area contributed by atoms with E-state index in [4.69, 9.17) is 11.1 Å². The van der Waals surface area contributed by atoms with E-state index >= 15 is 0 Å². The summed E-state index contributed by atoms with van der Waals surface area (Å²) in [5.41, 5.74) is 2.02. The molecule has 0 fully saturated rings. The molecule has 1 aromatic carbocycles. The van der Waals surface area contributed by atoms with Crippen LogP contribution < -0.4 is 5.84 Å². The minimum absolute atomic E-state index is 0.0739. The van der Waals surface area contributed by atoms with E-state index in [1.807, 2.05) is 37.3 Å². The fourth-order valence-corrected chi connectivity index (χ4v) is 2.99. The zero-order valence-corrected chi connectivity index (χ0v) is 14.7. The largest absolute Gasteiger partial charge is 0.344 e. The average molecular weight is 344 g/mol. The number of thioether (sulfide) groups is 1. The summed E-state index contributed by atoms with van der Waals surface area (Å²) in [4.78, 5) is 13.8. The standard InChI is InChI=1S/C16H20N6OS/c1-11-5-7-13(8-6-11)14-19-20-16(22(14)18)24-12(2)15(23)21(3)10-4-9-17/h5-8,12H,4,10,18H2,1-3H3/t12-/m0/s1. The van der Waals surface area contributed by atoms with Crippen molar-refractivity contribution in [3.8, 4) is 17.5 Å². The first-order valence-corrected chi connectivity index (χ1v) is 8.38. The summed E-state index contributed by atoms with van der Waals surface area (Å²) in [7, 11) is 1.68. The number of nitrogens with zero attached hydrogens (tertiary/aromatic N) is 5. The molecule has 126 valence electrons. The van der Waals surface area contributed by atoms with Crippen molar-refractivity contribution in [1.82, 2.24) is 19.8 Å². The van der Waals surface area contributed by atoms with E-state index in [2.05, 4.69) is 10.2 Å². The van der Waals surface area contributed by atoms with Gasteiger partial charge in [-0.3, -0.25) is 4.79 Å². The number of aromatic nitrogens is 3. The molecule has 1 atom stereocenters. The Kier molecular flexibility index (Phi) is 5.82. The first-order valence-electron chi connectivity index (χ1n) is 7.50. The minimum atomic E-state index is -0.369. The molecule has 1 aromatic heterocycles. The van der Waals surface area contributed by atoms with E-state index in [9.17, 15) is 4.79 Å². The van der Waals surface area contributed by atoms with Crippen LogP contribution in [0.15, 0.2) is 29.4 Å². The molecule has 0 spiro atoms. The highest BCUT2D eigenvalue weighted by molar-refractivity contribution is 8.00. The molecule has 0 aliphatic rings. The van der Waals surface area contributed by atoms with Crippen molar-refractivity contribution in [3.05, 3.63) is 29.8 Å². The quantitative estimate of drug-likeness (QED) is 0.633. The number of amides is 1. The average Bonchev–Trinajstić information content (AvgIpc) is 2.93. The number of hydrogen-bond acceptors (Lipinski definition) is 6. The first kappa shape index (κ1) is 17.8. The Labute approximate surface area is 145 Å². The van der Waals surface area contributed by atoms with Crippen molar-refractivity contribution in [1.29, 1.82) is 5.26 Å². The van der Waals surface area contributed by atoms with Gasteiger partial charge < -0.3 is 10.7 Å². The summed E-state index contributed by atoms with van der Waals surface area (Å²) in [6.07, 6.45) is 0.310. The highest BCUT2D eigenvalue weighted by Gasteiger charge is 2.22. The molecular formula is C16H20N6OS. The molecule has 1 heterocycles. The summed E-state index contributed by atoms with van der Waals surface area (Å²) >= 11 is 1.25. The Bertz CT molecular complexity index is 749. The highest BCUT2D eigenvalue weighted by Crippen LogP contribution is 2.25. The van der Waals surface area contributed by atoms with Crippen molar-refractivity contribution in [3.63, 3.8) is 0 Å². The van der Waals surface area contributed by atoms with Crippen LogP contribution in [0, 0.1) is 18.3 Å². The Morgan fingerprint density at radius 3 is 2.71 bits per heavy atom. The molecule has 1 amide bonds. The van der Waals surface area contributed by atoms with Crippen LogP contribution in [-0.2, 0) is 4.79 Å². The smallest absolute Gasteiger partial charge is 0.235 e. The third-order valence-electron chi connectivity index (χ3n) is 3.54. The van der Waals surface area contributed by atoms with Crippen LogP contribution in [0.5, 0.6) is 0 Å². The summed E-state index contributed by atoms with van der Waals surface area (Å²) in [5.74, 6) is 6.56. The summed E-state index contributed by atoms with van der Waals surface area (Å²) in [5, 5.41) is 16.9. The number of carbonyl (C=O) groups excluding carboxylic acids is 1. The Hall–Kier alpha value is -2.53. The van der Waals surface area contributed by atoms with Crippen molar-refractivity contribution in [2.75, 3.05) is 19.4 Å². The van der Waals surface area contributed by atoms with Crippen LogP contribution >= 0.6 is 11.8 Å². The Morgan fingerprint density at radius 1 is 1.42 bits per heavy atom. The van der Waals surface area contributed by atoms with Crippen molar-refractivity contribution in [2.45, 2.75) is 30.7 Å². The molecule has 0 aliphatic carbocycles. The number of hydrogen-bond donors (Lipinski definition) is 1. The van der Waals surface area contributed by atoms with Gasteiger partial charge in [-0.15, -0.1) is 10.2 Å². The number of benzene rings is 1. The van der Waals surface area contributed by atoms with E-state index in [-0.39, 0.29) is 11.2 Å². The van der Waals surface area contributed by atoms with Crippen LogP contribution in [0.2, 0.25) is 0 Å². The van der Waals surface area contributed by atoms with Crippen LogP contribution in [0.3, 0.4) is 0 Å². The lowest BCUT2D eigenvalue weighted by Gasteiger charge is -2.19. The molecule has 7 nitrogen and oxygen atoms in total. The van der Waals surface area contributed by atoms with Gasteiger partial charge in [-0.25, -0.2) is 4.68 Å². The maximum absolute atomic E-state index is 12.3. The van der Waals surface area contributed by atoms with Gasteiger partial charge in [0, 0.05) is 19.2 Å².